The summed E-state index contributed by atoms with van der Waals surface area (Å²) < 4.78 is 18.2. The molecule has 4 aromatic rings. The van der Waals surface area contributed by atoms with Crippen LogP contribution in [0, 0.1) is 5.92 Å². The number of fused-ring (bicyclic) bond motifs is 4. The molecular weight excluding hydrogens is 542 g/mol. The Balaban J connectivity index is 1.31. The van der Waals surface area contributed by atoms with Crippen molar-refractivity contribution < 1.29 is 23.8 Å². The van der Waals surface area contributed by atoms with Gasteiger partial charge in [-0.3, -0.25) is 4.79 Å². The van der Waals surface area contributed by atoms with Crippen molar-refractivity contribution in [2.45, 2.75) is 44.4 Å². The van der Waals surface area contributed by atoms with Gasteiger partial charge in [0.2, 0.25) is 6.79 Å². The molecule has 0 saturated heterocycles. The van der Waals surface area contributed by atoms with Crippen LogP contribution in [0.2, 0.25) is 0 Å². The predicted molar refractivity (Wildman–Crippen MR) is 156 cm³/mol. The number of anilines is 1. The summed E-state index contributed by atoms with van der Waals surface area (Å²) in [5.41, 5.74) is 10.7. The zero-order valence-electron chi connectivity index (χ0n) is 22.5. The van der Waals surface area contributed by atoms with Crippen molar-refractivity contribution >= 4 is 51.7 Å². The lowest BCUT2D eigenvalue weighted by Gasteiger charge is -2.25. The van der Waals surface area contributed by atoms with Gasteiger partial charge in [-0.1, -0.05) is 31.0 Å². The third-order valence-corrected chi connectivity index (χ3v) is 9.33. The zero-order chi connectivity index (χ0) is 28.1. The first kappa shape index (κ1) is 25.7. The number of nitrogens with two attached hydrogens (primary N) is 1. The third kappa shape index (κ3) is 4.44. The number of esters is 1. The van der Waals surface area contributed by atoms with Gasteiger partial charge in [0, 0.05) is 11.2 Å². The first-order chi connectivity index (χ1) is 20.0. The number of amides is 1. The highest BCUT2D eigenvalue weighted by Crippen LogP contribution is 2.48. The number of ether oxygens (including phenoxy) is 3. The molecule has 0 unspecified atom stereocenters. The SMILES string of the molecule is CCOC(=O)C1=C(NC(=O)c2c(N)n(Cc3ccc4c(c3)OCO4)c3nc4ccccc4nc23)S[C@@H]2CCCC[C@@H]12. The third-order valence-electron chi connectivity index (χ3n) is 7.91. The van der Waals surface area contributed by atoms with Crippen LogP contribution in [0.25, 0.3) is 22.2 Å². The zero-order valence-corrected chi connectivity index (χ0v) is 23.3. The summed E-state index contributed by atoms with van der Waals surface area (Å²) in [4.78, 5) is 36.7. The van der Waals surface area contributed by atoms with Crippen LogP contribution in [-0.4, -0.2) is 45.1 Å². The number of para-hydroxylation sites is 2. The number of carbonyl (C=O) groups excluding carboxylic acids is 2. The number of rotatable bonds is 6. The second kappa shape index (κ2) is 10.3. The van der Waals surface area contributed by atoms with E-state index in [2.05, 4.69) is 5.32 Å². The average molecular weight is 572 g/mol. The van der Waals surface area contributed by atoms with E-state index in [9.17, 15) is 9.59 Å². The van der Waals surface area contributed by atoms with Crippen molar-refractivity contribution in [1.82, 2.24) is 19.9 Å². The van der Waals surface area contributed by atoms with Crippen molar-refractivity contribution in [1.29, 1.82) is 0 Å². The molecule has 0 spiro atoms. The molecule has 2 aromatic heterocycles. The van der Waals surface area contributed by atoms with Crippen LogP contribution in [0.5, 0.6) is 11.5 Å². The summed E-state index contributed by atoms with van der Waals surface area (Å²) >= 11 is 1.55. The van der Waals surface area contributed by atoms with Crippen molar-refractivity contribution in [2.24, 2.45) is 5.92 Å². The van der Waals surface area contributed by atoms with Crippen LogP contribution in [0.3, 0.4) is 0 Å². The Hall–Kier alpha value is -4.25. The number of hydrogen-bond donors (Lipinski definition) is 2. The molecule has 3 N–H and O–H groups in total. The Labute approximate surface area is 240 Å². The second-order valence-electron chi connectivity index (χ2n) is 10.4. The molecule has 0 bridgehead atoms. The first-order valence-electron chi connectivity index (χ1n) is 13.8. The molecule has 0 radical (unpaired) electrons. The van der Waals surface area contributed by atoms with Gasteiger partial charge in [0.1, 0.15) is 16.9 Å². The number of carbonyl (C=O) groups is 2. The summed E-state index contributed by atoms with van der Waals surface area (Å²) in [6, 6.07) is 13.2. The van der Waals surface area contributed by atoms with Crippen LogP contribution >= 0.6 is 11.8 Å². The number of aromatic nitrogens is 3. The van der Waals surface area contributed by atoms with Crippen molar-refractivity contribution in [3.63, 3.8) is 0 Å². The van der Waals surface area contributed by atoms with Gasteiger partial charge in [0.05, 0.1) is 34.8 Å². The molecule has 2 aromatic carbocycles. The Bertz CT molecular complexity index is 1750. The lowest BCUT2D eigenvalue weighted by Crippen LogP contribution is -2.26. The monoisotopic (exact) mass is 571 g/mol. The highest BCUT2D eigenvalue weighted by molar-refractivity contribution is 8.04. The van der Waals surface area contributed by atoms with E-state index in [1.807, 2.05) is 42.5 Å². The Morgan fingerprint density at radius 3 is 2.71 bits per heavy atom. The summed E-state index contributed by atoms with van der Waals surface area (Å²) in [5, 5.41) is 3.83. The molecule has 7 rings (SSSR count). The fraction of sp³-hybridized carbons (Fsp3) is 0.333. The highest BCUT2D eigenvalue weighted by atomic mass is 32.2. The lowest BCUT2D eigenvalue weighted by atomic mass is 9.84. The van der Waals surface area contributed by atoms with Gasteiger partial charge in [-0.2, -0.15) is 0 Å². The van der Waals surface area contributed by atoms with Gasteiger partial charge < -0.3 is 29.8 Å². The molecule has 3 aliphatic rings. The van der Waals surface area contributed by atoms with Gasteiger partial charge in [0.15, 0.2) is 17.1 Å². The standard InChI is InChI=1S/C30H29N5O5S/c1-2-38-30(37)23-17-7-3-6-10-22(17)41-29(23)34-28(36)24-25-27(33-19-9-5-4-8-18(19)32-25)35(26(24)31)14-16-11-12-20-21(13-16)40-15-39-20/h4-5,8-9,11-13,17,22H,2-3,6-7,10,14-15,31H2,1H3,(H,34,36)/t17-,22-/m1/s1. The largest absolute Gasteiger partial charge is 0.463 e. The van der Waals surface area contributed by atoms with Crippen LogP contribution in [0.1, 0.15) is 48.5 Å². The minimum atomic E-state index is -0.426. The fourth-order valence-electron chi connectivity index (χ4n) is 5.99. The molecular formula is C30H29N5O5S. The van der Waals surface area contributed by atoms with Crippen LogP contribution in [0.15, 0.2) is 53.1 Å². The lowest BCUT2D eigenvalue weighted by molar-refractivity contribution is -0.139. The van der Waals surface area contributed by atoms with Crippen LogP contribution in [-0.2, 0) is 16.1 Å². The number of nitrogen functional groups attached to an aromatic ring is 1. The average Bonchev–Trinajstić information content (AvgIpc) is 3.66. The second-order valence-corrected chi connectivity index (χ2v) is 11.6. The molecule has 11 heteroatoms. The van der Waals surface area contributed by atoms with Crippen LogP contribution in [0.4, 0.5) is 5.82 Å². The van der Waals surface area contributed by atoms with Gasteiger partial charge in [-0.15, -0.1) is 11.8 Å². The van der Waals surface area contributed by atoms with E-state index in [-0.39, 0.29) is 41.9 Å². The first-order valence-corrected chi connectivity index (χ1v) is 14.7. The minimum absolute atomic E-state index is 0.0662. The summed E-state index contributed by atoms with van der Waals surface area (Å²) in [6.45, 7) is 2.58. The molecule has 1 saturated carbocycles. The van der Waals surface area contributed by atoms with Crippen molar-refractivity contribution in [3.05, 3.63) is 64.2 Å². The highest BCUT2D eigenvalue weighted by Gasteiger charge is 2.42. The van der Waals surface area contributed by atoms with Gasteiger partial charge in [-0.25, -0.2) is 14.8 Å². The molecule has 4 heterocycles. The Kier molecular flexibility index (Phi) is 6.45. The van der Waals surface area contributed by atoms with Gasteiger partial charge in [-0.05, 0) is 49.6 Å². The quantitative estimate of drug-likeness (QED) is 0.315. The Morgan fingerprint density at radius 1 is 1.10 bits per heavy atom. The van der Waals surface area contributed by atoms with Crippen molar-refractivity contribution in [2.75, 3.05) is 19.1 Å². The molecule has 10 nitrogen and oxygen atoms in total. The molecule has 2 atom stereocenters. The fourth-order valence-corrected chi connectivity index (χ4v) is 7.53. The molecule has 2 aliphatic heterocycles. The van der Waals surface area contributed by atoms with E-state index < -0.39 is 5.91 Å². The maximum absolute atomic E-state index is 14.0. The normalized spacial score (nSPS) is 19.5. The Morgan fingerprint density at radius 2 is 1.88 bits per heavy atom. The van der Waals surface area contributed by atoms with Gasteiger partial charge in [0.25, 0.3) is 5.91 Å². The number of nitrogens with zero attached hydrogens (tertiary/aromatic N) is 3. The summed E-state index contributed by atoms with van der Waals surface area (Å²) in [7, 11) is 0. The van der Waals surface area contributed by atoms with E-state index in [1.54, 1.807) is 23.3 Å². The van der Waals surface area contributed by atoms with Gasteiger partial charge >= 0.3 is 5.97 Å². The van der Waals surface area contributed by atoms with Crippen LogP contribution < -0.4 is 20.5 Å². The van der Waals surface area contributed by atoms with E-state index in [4.69, 9.17) is 29.9 Å². The topological polar surface area (TPSA) is 131 Å². The number of nitrogens with one attached hydrogen (secondary N) is 1. The summed E-state index contributed by atoms with van der Waals surface area (Å²) in [6.07, 6.45) is 4.05. The minimum Gasteiger partial charge on any atom is -0.463 e. The number of hydrogen-bond acceptors (Lipinski definition) is 9. The molecule has 1 fully saturated rings. The molecule has 210 valence electrons. The smallest absolute Gasteiger partial charge is 0.336 e. The maximum atomic E-state index is 14.0. The predicted octanol–water partition coefficient (Wildman–Crippen LogP) is 4.75. The van der Waals surface area contributed by atoms with E-state index in [0.717, 1.165) is 31.2 Å². The molecule has 1 amide bonds. The molecule has 41 heavy (non-hydrogen) atoms. The van der Waals surface area contributed by atoms with E-state index in [1.165, 1.54) is 0 Å². The maximum Gasteiger partial charge on any atom is 0.336 e. The number of benzene rings is 2. The molecule has 1 aliphatic carbocycles. The number of thioether (sulfide) groups is 1. The van der Waals surface area contributed by atoms with Crippen molar-refractivity contribution in [3.8, 4) is 11.5 Å². The van der Waals surface area contributed by atoms with E-state index in [0.29, 0.717) is 50.8 Å². The summed E-state index contributed by atoms with van der Waals surface area (Å²) in [5.74, 6) is 0.856. The van der Waals surface area contributed by atoms with E-state index >= 15 is 0 Å².